The molecule has 0 heterocycles. The van der Waals surface area contributed by atoms with Gasteiger partial charge in [-0.05, 0) is 13.8 Å². The van der Waals surface area contributed by atoms with Crippen molar-refractivity contribution in [2.45, 2.75) is 26.3 Å². The van der Waals surface area contributed by atoms with Crippen LogP contribution in [0.2, 0.25) is 0 Å². The lowest BCUT2D eigenvalue weighted by Gasteiger charge is -2.23. The molecule has 0 saturated carbocycles. The maximum atomic E-state index is 10.6. The smallest absolute Gasteiger partial charge is 0.217 e. The Balaban J connectivity index is 4.36. The highest BCUT2D eigenvalue weighted by Gasteiger charge is 2.21. The number of nitrogens with zero attached hydrogens (tertiary/aromatic N) is 1. The van der Waals surface area contributed by atoms with E-state index in [-0.39, 0.29) is 5.91 Å². The van der Waals surface area contributed by atoms with Crippen molar-refractivity contribution >= 4 is 5.91 Å². The van der Waals surface area contributed by atoms with E-state index in [0.717, 1.165) is 0 Å². The van der Waals surface area contributed by atoms with Crippen LogP contribution >= 0.6 is 0 Å². The maximum Gasteiger partial charge on any atom is 0.217 e. The molecule has 0 saturated heterocycles. The number of carbonyl (C=O) groups excluding carboxylic acids is 1. The minimum atomic E-state index is -0.624. The molecule has 1 N–H and O–H groups in total. The molecule has 3 nitrogen and oxygen atoms in total. The van der Waals surface area contributed by atoms with Crippen LogP contribution in [0.1, 0.15) is 20.8 Å². The van der Waals surface area contributed by atoms with E-state index in [4.69, 9.17) is 5.26 Å². The molecule has 3 heteroatoms. The van der Waals surface area contributed by atoms with Gasteiger partial charge in [-0.3, -0.25) is 4.79 Å². The predicted octanol–water partition coefficient (Wildman–Crippen LogP) is 0.981. The first-order valence-corrected chi connectivity index (χ1v) is 3.28. The van der Waals surface area contributed by atoms with Gasteiger partial charge in [-0.15, -0.1) is 0 Å². The second kappa shape index (κ2) is 3.20. The van der Waals surface area contributed by atoms with Crippen molar-refractivity contribution < 1.29 is 4.79 Å². The van der Waals surface area contributed by atoms with Gasteiger partial charge in [0.05, 0.1) is 11.6 Å². The first-order chi connectivity index (χ1) is 4.90. The monoisotopic (exact) mass is 152 g/mol. The fourth-order valence-corrected chi connectivity index (χ4v) is 0.655. The zero-order valence-electron chi connectivity index (χ0n) is 7.06. The van der Waals surface area contributed by atoms with Gasteiger partial charge in [0.2, 0.25) is 5.91 Å². The summed E-state index contributed by atoms with van der Waals surface area (Å²) < 4.78 is 0. The molecule has 60 valence electrons. The highest BCUT2D eigenvalue weighted by Crippen LogP contribution is 2.11. The molecule has 1 amide bonds. The Labute approximate surface area is 66.7 Å². The van der Waals surface area contributed by atoms with Gasteiger partial charge in [-0.2, -0.15) is 5.26 Å². The molecule has 0 aliphatic rings. The lowest BCUT2D eigenvalue weighted by atomic mass is 9.97. The molecule has 0 unspecified atom stereocenters. The van der Waals surface area contributed by atoms with Crippen LogP contribution in [0.15, 0.2) is 12.2 Å². The van der Waals surface area contributed by atoms with Gasteiger partial charge in [0.25, 0.3) is 0 Å². The van der Waals surface area contributed by atoms with E-state index >= 15 is 0 Å². The molecule has 11 heavy (non-hydrogen) atoms. The Morgan fingerprint density at radius 3 is 2.36 bits per heavy atom. The Morgan fingerprint density at radius 2 is 2.09 bits per heavy atom. The van der Waals surface area contributed by atoms with E-state index < -0.39 is 5.54 Å². The summed E-state index contributed by atoms with van der Waals surface area (Å²) in [4.78, 5) is 10.6. The van der Waals surface area contributed by atoms with Crippen LogP contribution in [0.5, 0.6) is 0 Å². The maximum absolute atomic E-state index is 10.6. The fourth-order valence-electron chi connectivity index (χ4n) is 0.655. The van der Waals surface area contributed by atoms with Crippen LogP contribution in [-0.2, 0) is 4.79 Å². The molecule has 0 spiro atoms. The molecule has 0 aromatic heterocycles. The van der Waals surface area contributed by atoms with Crippen LogP contribution in [-0.4, -0.2) is 11.4 Å². The van der Waals surface area contributed by atoms with E-state index in [1.54, 1.807) is 13.8 Å². The molecule has 0 rings (SSSR count). The van der Waals surface area contributed by atoms with Crippen LogP contribution in [0, 0.1) is 11.3 Å². The SMILES string of the molecule is C=C(C#N)C(C)(C)NC(C)=O. The van der Waals surface area contributed by atoms with Gasteiger partial charge in [-0.25, -0.2) is 0 Å². The van der Waals surface area contributed by atoms with E-state index in [2.05, 4.69) is 11.9 Å². The second-order valence-electron chi connectivity index (χ2n) is 2.90. The van der Waals surface area contributed by atoms with Gasteiger partial charge in [0.15, 0.2) is 0 Å². The predicted molar refractivity (Wildman–Crippen MR) is 42.6 cm³/mol. The average Bonchev–Trinajstić information content (AvgIpc) is 1.83. The van der Waals surface area contributed by atoms with E-state index in [1.165, 1.54) is 6.92 Å². The van der Waals surface area contributed by atoms with Crippen molar-refractivity contribution in [3.05, 3.63) is 12.2 Å². The molecule has 0 aromatic carbocycles. The minimum Gasteiger partial charge on any atom is -0.347 e. The van der Waals surface area contributed by atoms with E-state index in [9.17, 15) is 4.79 Å². The van der Waals surface area contributed by atoms with Crippen LogP contribution in [0.25, 0.3) is 0 Å². The number of hydrogen-bond acceptors (Lipinski definition) is 2. The summed E-state index contributed by atoms with van der Waals surface area (Å²) >= 11 is 0. The quantitative estimate of drug-likeness (QED) is 0.600. The molecular formula is C8H12N2O. The van der Waals surface area contributed by atoms with Crippen LogP contribution in [0.4, 0.5) is 0 Å². The third-order valence-electron chi connectivity index (χ3n) is 1.38. The Hall–Kier alpha value is -1.30. The van der Waals surface area contributed by atoms with Crippen molar-refractivity contribution in [1.82, 2.24) is 5.32 Å². The van der Waals surface area contributed by atoms with E-state index in [0.29, 0.717) is 5.57 Å². The molecular weight excluding hydrogens is 140 g/mol. The standard InChI is InChI=1S/C8H12N2O/c1-6(5-9)8(3,4)10-7(2)11/h1H2,2-4H3,(H,10,11). The Bertz CT molecular complexity index is 223. The third-order valence-corrected chi connectivity index (χ3v) is 1.38. The highest BCUT2D eigenvalue weighted by atomic mass is 16.1. The molecule has 0 atom stereocenters. The summed E-state index contributed by atoms with van der Waals surface area (Å²) in [6.07, 6.45) is 0. The molecule has 0 fully saturated rings. The van der Waals surface area contributed by atoms with Crippen molar-refractivity contribution in [2.24, 2.45) is 0 Å². The molecule has 0 aliphatic carbocycles. The second-order valence-corrected chi connectivity index (χ2v) is 2.90. The summed E-state index contributed by atoms with van der Waals surface area (Å²) in [6, 6.07) is 1.90. The van der Waals surface area contributed by atoms with Gasteiger partial charge in [0.1, 0.15) is 0 Å². The van der Waals surface area contributed by atoms with Crippen molar-refractivity contribution in [3.63, 3.8) is 0 Å². The zero-order chi connectivity index (χ0) is 9.07. The first kappa shape index (κ1) is 9.70. The van der Waals surface area contributed by atoms with Gasteiger partial charge in [-0.1, -0.05) is 6.58 Å². The summed E-state index contributed by atoms with van der Waals surface area (Å²) in [5, 5.41) is 11.1. The molecule has 0 radical (unpaired) electrons. The number of rotatable bonds is 2. The first-order valence-electron chi connectivity index (χ1n) is 3.28. The topological polar surface area (TPSA) is 52.9 Å². The van der Waals surface area contributed by atoms with Gasteiger partial charge >= 0.3 is 0 Å². The number of amides is 1. The van der Waals surface area contributed by atoms with Crippen molar-refractivity contribution in [3.8, 4) is 6.07 Å². The van der Waals surface area contributed by atoms with Crippen LogP contribution < -0.4 is 5.32 Å². The summed E-state index contributed by atoms with van der Waals surface area (Å²) in [7, 11) is 0. The van der Waals surface area contributed by atoms with Crippen LogP contribution in [0.3, 0.4) is 0 Å². The van der Waals surface area contributed by atoms with Gasteiger partial charge in [0, 0.05) is 12.5 Å². The van der Waals surface area contributed by atoms with Crippen molar-refractivity contribution in [1.29, 1.82) is 5.26 Å². The number of carbonyl (C=O) groups is 1. The number of hydrogen-bond donors (Lipinski definition) is 1. The van der Waals surface area contributed by atoms with Crippen molar-refractivity contribution in [2.75, 3.05) is 0 Å². The summed E-state index contributed by atoms with van der Waals surface area (Å²) in [6.45, 7) is 8.40. The van der Waals surface area contributed by atoms with Gasteiger partial charge < -0.3 is 5.32 Å². The Kier molecular flexibility index (Phi) is 2.82. The Morgan fingerprint density at radius 1 is 1.64 bits per heavy atom. The highest BCUT2D eigenvalue weighted by molar-refractivity contribution is 5.74. The molecule has 0 bridgehead atoms. The zero-order valence-corrected chi connectivity index (χ0v) is 7.06. The average molecular weight is 152 g/mol. The molecule has 0 aliphatic heterocycles. The number of nitriles is 1. The fraction of sp³-hybridized carbons (Fsp3) is 0.500. The third kappa shape index (κ3) is 2.85. The van der Waals surface area contributed by atoms with E-state index in [1.807, 2.05) is 6.07 Å². The lowest BCUT2D eigenvalue weighted by molar-refractivity contribution is -0.120. The minimum absolute atomic E-state index is 0.161. The molecule has 0 aromatic rings. The summed E-state index contributed by atoms with van der Waals surface area (Å²) in [5.41, 5.74) is -0.270. The number of nitrogens with one attached hydrogen (secondary N) is 1. The summed E-state index contributed by atoms with van der Waals surface area (Å²) in [5.74, 6) is -0.161. The normalized spacial score (nSPS) is 10.0. The largest absolute Gasteiger partial charge is 0.347 e. The lowest BCUT2D eigenvalue weighted by Crippen LogP contribution is -2.43.